The van der Waals surface area contributed by atoms with Crippen LogP contribution in [-0.4, -0.2) is 5.91 Å². The van der Waals surface area contributed by atoms with E-state index >= 15 is 0 Å². The highest BCUT2D eigenvalue weighted by molar-refractivity contribution is 9.10. The summed E-state index contributed by atoms with van der Waals surface area (Å²) in [7, 11) is 0. The van der Waals surface area contributed by atoms with Gasteiger partial charge in [0.15, 0.2) is 0 Å². The molecule has 0 spiro atoms. The molecule has 2 nitrogen and oxygen atoms in total. The monoisotopic (exact) mass is 385 g/mol. The Hall–Kier alpha value is -1.20. The molecule has 0 bridgehead atoms. The topological polar surface area (TPSA) is 29.1 Å². The van der Waals surface area contributed by atoms with Crippen LogP contribution in [-0.2, 0) is 6.54 Å². The number of halogens is 3. The van der Waals surface area contributed by atoms with E-state index in [1.807, 2.05) is 24.3 Å². The first-order valence-corrected chi connectivity index (χ1v) is 7.12. The van der Waals surface area contributed by atoms with Crippen LogP contribution >= 0.6 is 31.9 Å². The molecular weight excluding hydrogens is 377 g/mol. The van der Waals surface area contributed by atoms with E-state index in [4.69, 9.17) is 0 Å². The summed E-state index contributed by atoms with van der Waals surface area (Å²) in [4.78, 5) is 11.9. The Labute approximate surface area is 127 Å². The van der Waals surface area contributed by atoms with E-state index in [-0.39, 0.29) is 5.56 Å². The quantitative estimate of drug-likeness (QED) is 0.837. The number of hydrogen-bond acceptors (Lipinski definition) is 1. The number of benzene rings is 2. The Balaban J connectivity index is 2.05. The number of hydrogen-bond donors (Lipinski definition) is 1. The summed E-state index contributed by atoms with van der Waals surface area (Å²) in [5, 5.41) is 2.69. The number of amides is 1. The number of nitrogens with one attached hydrogen (secondary N) is 1. The zero-order valence-electron chi connectivity index (χ0n) is 9.79. The average molecular weight is 387 g/mol. The second-order valence-electron chi connectivity index (χ2n) is 3.94. The second kappa shape index (κ2) is 6.30. The molecule has 2 aromatic carbocycles. The minimum atomic E-state index is -0.541. The van der Waals surface area contributed by atoms with E-state index in [0.29, 0.717) is 11.0 Å². The molecule has 0 saturated carbocycles. The van der Waals surface area contributed by atoms with Gasteiger partial charge in [0.05, 0.1) is 5.56 Å². The highest BCUT2D eigenvalue weighted by atomic mass is 79.9. The molecule has 0 atom stereocenters. The summed E-state index contributed by atoms with van der Waals surface area (Å²) < 4.78 is 15.1. The van der Waals surface area contributed by atoms with Crippen LogP contribution in [0.1, 0.15) is 15.9 Å². The molecule has 1 N–H and O–H groups in total. The molecule has 0 aliphatic carbocycles. The summed E-state index contributed by atoms with van der Waals surface area (Å²) in [5.41, 5.74) is 0.985. The van der Waals surface area contributed by atoms with E-state index in [1.165, 1.54) is 12.1 Å². The van der Waals surface area contributed by atoms with E-state index in [0.717, 1.165) is 10.0 Å². The zero-order valence-corrected chi connectivity index (χ0v) is 13.0. The summed E-state index contributed by atoms with van der Waals surface area (Å²) in [6.07, 6.45) is 0. The standard InChI is InChI=1S/C14H10Br2FNO/c15-10-3-1-2-9(6-10)8-18-14(19)12-5-4-11(16)7-13(12)17/h1-7H,8H2,(H,18,19). The highest BCUT2D eigenvalue weighted by Gasteiger charge is 2.11. The molecule has 0 heterocycles. The fourth-order valence-corrected chi connectivity index (χ4v) is 2.38. The van der Waals surface area contributed by atoms with Crippen LogP contribution in [0.2, 0.25) is 0 Å². The van der Waals surface area contributed by atoms with Crippen molar-refractivity contribution < 1.29 is 9.18 Å². The SMILES string of the molecule is O=C(NCc1cccc(Br)c1)c1ccc(Br)cc1F. The van der Waals surface area contributed by atoms with Crippen molar-refractivity contribution in [2.75, 3.05) is 0 Å². The second-order valence-corrected chi connectivity index (χ2v) is 5.77. The summed E-state index contributed by atoms with van der Waals surface area (Å²) in [5.74, 6) is -0.967. The third-order valence-electron chi connectivity index (χ3n) is 2.52. The van der Waals surface area contributed by atoms with Gasteiger partial charge in [-0.25, -0.2) is 4.39 Å². The van der Waals surface area contributed by atoms with Gasteiger partial charge in [0.1, 0.15) is 5.82 Å². The van der Waals surface area contributed by atoms with Gasteiger partial charge in [-0.3, -0.25) is 4.79 Å². The molecule has 1 amide bonds. The van der Waals surface area contributed by atoms with E-state index in [2.05, 4.69) is 37.2 Å². The smallest absolute Gasteiger partial charge is 0.254 e. The van der Waals surface area contributed by atoms with Crippen LogP contribution < -0.4 is 5.32 Å². The minimum Gasteiger partial charge on any atom is -0.348 e. The highest BCUT2D eigenvalue weighted by Crippen LogP contribution is 2.16. The lowest BCUT2D eigenvalue weighted by molar-refractivity contribution is 0.0947. The van der Waals surface area contributed by atoms with E-state index in [9.17, 15) is 9.18 Å². The maximum Gasteiger partial charge on any atom is 0.254 e. The van der Waals surface area contributed by atoms with Gasteiger partial charge >= 0.3 is 0 Å². The van der Waals surface area contributed by atoms with Crippen LogP contribution in [0.3, 0.4) is 0 Å². The van der Waals surface area contributed by atoms with Gasteiger partial charge < -0.3 is 5.32 Å². The molecule has 0 aliphatic heterocycles. The normalized spacial score (nSPS) is 10.3. The first-order valence-electron chi connectivity index (χ1n) is 5.54. The predicted octanol–water partition coefficient (Wildman–Crippen LogP) is 4.28. The number of carbonyl (C=O) groups is 1. The van der Waals surface area contributed by atoms with E-state index < -0.39 is 11.7 Å². The molecule has 0 radical (unpaired) electrons. The molecule has 2 aromatic rings. The van der Waals surface area contributed by atoms with Crippen molar-refractivity contribution in [3.05, 3.63) is 68.4 Å². The fourth-order valence-electron chi connectivity index (χ4n) is 1.60. The Morgan fingerprint density at radius 2 is 1.84 bits per heavy atom. The van der Waals surface area contributed by atoms with Gasteiger partial charge in [-0.2, -0.15) is 0 Å². The van der Waals surface area contributed by atoms with E-state index in [1.54, 1.807) is 6.07 Å². The van der Waals surface area contributed by atoms with Crippen LogP contribution in [0.25, 0.3) is 0 Å². The van der Waals surface area contributed by atoms with Crippen molar-refractivity contribution in [2.45, 2.75) is 6.54 Å². The Bertz CT molecular complexity index is 616. The van der Waals surface area contributed by atoms with Gasteiger partial charge in [-0.15, -0.1) is 0 Å². The van der Waals surface area contributed by atoms with Gasteiger partial charge in [0.2, 0.25) is 0 Å². The molecule has 0 saturated heterocycles. The lowest BCUT2D eigenvalue weighted by Crippen LogP contribution is -2.23. The largest absolute Gasteiger partial charge is 0.348 e. The molecule has 0 unspecified atom stereocenters. The van der Waals surface area contributed by atoms with Crippen molar-refractivity contribution in [1.29, 1.82) is 0 Å². The molecule has 98 valence electrons. The molecule has 0 aromatic heterocycles. The van der Waals surface area contributed by atoms with Crippen molar-refractivity contribution in [3.63, 3.8) is 0 Å². The van der Waals surface area contributed by atoms with Crippen LogP contribution in [0.15, 0.2) is 51.4 Å². The molecule has 0 fully saturated rings. The Kier molecular flexibility index (Phi) is 4.71. The average Bonchev–Trinajstić information content (AvgIpc) is 2.36. The maximum atomic E-state index is 13.6. The van der Waals surface area contributed by atoms with Gasteiger partial charge in [0.25, 0.3) is 5.91 Å². The summed E-state index contributed by atoms with van der Waals surface area (Å²) >= 11 is 6.51. The number of rotatable bonds is 3. The zero-order chi connectivity index (χ0) is 13.8. The molecule has 19 heavy (non-hydrogen) atoms. The first kappa shape index (κ1) is 14.2. The van der Waals surface area contributed by atoms with Crippen LogP contribution in [0.4, 0.5) is 4.39 Å². The van der Waals surface area contributed by atoms with Crippen LogP contribution in [0, 0.1) is 5.82 Å². The number of carbonyl (C=O) groups excluding carboxylic acids is 1. The fraction of sp³-hybridized carbons (Fsp3) is 0.0714. The van der Waals surface area contributed by atoms with Gasteiger partial charge in [-0.05, 0) is 35.9 Å². The first-order chi connectivity index (χ1) is 9.06. The van der Waals surface area contributed by atoms with Crippen molar-refractivity contribution >= 4 is 37.8 Å². The predicted molar refractivity (Wildman–Crippen MR) is 79.4 cm³/mol. The van der Waals surface area contributed by atoms with Gasteiger partial charge in [0, 0.05) is 15.5 Å². The third kappa shape index (κ3) is 3.88. The van der Waals surface area contributed by atoms with Crippen LogP contribution in [0.5, 0.6) is 0 Å². The molecule has 5 heteroatoms. The summed E-state index contributed by atoms with van der Waals surface area (Å²) in [6.45, 7) is 0.355. The van der Waals surface area contributed by atoms with Crippen molar-refractivity contribution in [2.24, 2.45) is 0 Å². The maximum absolute atomic E-state index is 13.6. The lowest BCUT2D eigenvalue weighted by Gasteiger charge is -2.07. The Morgan fingerprint density at radius 1 is 1.11 bits per heavy atom. The van der Waals surface area contributed by atoms with Crippen molar-refractivity contribution in [1.82, 2.24) is 5.32 Å². The third-order valence-corrected chi connectivity index (χ3v) is 3.50. The lowest BCUT2D eigenvalue weighted by atomic mass is 10.2. The Morgan fingerprint density at radius 3 is 2.53 bits per heavy atom. The summed E-state index contributed by atoms with van der Waals surface area (Å²) in [6, 6.07) is 11.9. The minimum absolute atomic E-state index is 0.0400. The van der Waals surface area contributed by atoms with Crippen molar-refractivity contribution in [3.8, 4) is 0 Å². The molecular formula is C14H10Br2FNO. The molecule has 0 aliphatic rings. The van der Waals surface area contributed by atoms with Gasteiger partial charge in [-0.1, -0.05) is 44.0 Å². The molecule has 2 rings (SSSR count).